The van der Waals surface area contributed by atoms with Crippen LogP contribution in [-0.2, 0) is 0 Å². The molecule has 0 unspecified atom stereocenters. The summed E-state index contributed by atoms with van der Waals surface area (Å²) in [7, 11) is 0. The summed E-state index contributed by atoms with van der Waals surface area (Å²) in [6.45, 7) is 4.52. The fourth-order valence-corrected chi connectivity index (χ4v) is 4.69. The monoisotopic (exact) mass is 618 g/mol. The minimum atomic E-state index is -4.70. The highest BCUT2D eigenvalue weighted by Crippen LogP contribution is 2.41. The number of alkyl halides is 6. The first-order valence-corrected chi connectivity index (χ1v) is 15.2. The van der Waals surface area contributed by atoms with E-state index in [1.165, 1.54) is 60.7 Å². The number of ether oxygens (including phenoxy) is 2. The third kappa shape index (κ3) is 10.8. The molecule has 0 spiro atoms. The van der Waals surface area contributed by atoms with Crippen LogP contribution in [0.25, 0.3) is 23.3 Å². The van der Waals surface area contributed by atoms with Gasteiger partial charge in [-0.15, -0.1) is 0 Å². The molecule has 0 atom stereocenters. The van der Waals surface area contributed by atoms with E-state index in [2.05, 4.69) is 13.8 Å². The van der Waals surface area contributed by atoms with Gasteiger partial charge in [-0.2, -0.15) is 26.3 Å². The van der Waals surface area contributed by atoms with Crippen LogP contribution in [0.3, 0.4) is 0 Å². The summed E-state index contributed by atoms with van der Waals surface area (Å²) in [5.74, 6) is 0.108. The summed E-state index contributed by atoms with van der Waals surface area (Å²) in [5, 5.41) is 0. The first kappa shape index (κ1) is 34.8. The van der Waals surface area contributed by atoms with E-state index in [4.69, 9.17) is 9.47 Å². The first-order valence-electron chi connectivity index (χ1n) is 15.2. The van der Waals surface area contributed by atoms with Crippen molar-refractivity contribution in [1.29, 1.82) is 0 Å². The van der Waals surface area contributed by atoms with Crippen molar-refractivity contribution in [2.75, 3.05) is 13.2 Å². The quantitative estimate of drug-likeness (QED) is 0.0903. The SMILES string of the molecule is CCCCCCOc1cc(/C=C(/c2ccccc2)C(F)(F)F)c(OCCCCCC)cc1/C=C(/c1ccccc1)C(F)(F)F. The third-order valence-corrected chi connectivity index (χ3v) is 7.03. The van der Waals surface area contributed by atoms with E-state index in [-0.39, 0.29) is 47.0 Å². The van der Waals surface area contributed by atoms with Gasteiger partial charge in [-0.05, 0) is 48.3 Å². The van der Waals surface area contributed by atoms with E-state index in [0.717, 1.165) is 50.7 Å². The van der Waals surface area contributed by atoms with Crippen LogP contribution in [0.5, 0.6) is 11.5 Å². The Morgan fingerprint density at radius 3 is 1.23 bits per heavy atom. The molecule has 0 bridgehead atoms. The fourth-order valence-electron chi connectivity index (χ4n) is 4.69. The lowest BCUT2D eigenvalue weighted by Crippen LogP contribution is -2.12. The number of hydrogen-bond acceptors (Lipinski definition) is 2. The Morgan fingerprint density at radius 2 is 0.909 bits per heavy atom. The van der Waals surface area contributed by atoms with Crippen LogP contribution in [0.1, 0.15) is 87.5 Å². The molecule has 3 rings (SSSR count). The number of halogens is 6. The molecular weight excluding hydrogens is 578 g/mol. The topological polar surface area (TPSA) is 18.5 Å². The standard InChI is InChI=1S/C36H40F6O2/c1-3-5-7-15-21-43-33-25-30(24-32(36(40,41)42)28-19-13-10-14-20-28)34(44-22-16-8-6-4-2)26-29(33)23-31(35(37,38)39)27-17-11-9-12-18-27/h9-14,17-20,23-26H,3-8,15-16,21-22H2,1-2H3/b31-23-,32-24-. The van der Waals surface area contributed by atoms with Gasteiger partial charge in [-0.3, -0.25) is 0 Å². The van der Waals surface area contributed by atoms with Gasteiger partial charge in [0.15, 0.2) is 0 Å². The van der Waals surface area contributed by atoms with Gasteiger partial charge in [0.05, 0.1) is 24.4 Å². The van der Waals surface area contributed by atoms with E-state index in [1.54, 1.807) is 12.1 Å². The molecule has 2 nitrogen and oxygen atoms in total. The average Bonchev–Trinajstić information content (AvgIpc) is 2.99. The van der Waals surface area contributed by atoms with Crippen molar-refractivity contribution in [3.63, 3.8) is 0 Å². The van der Waals surface area contributed by atoms with Crippen LogP contribution in [0.4, 0.5) is 26.3 Å². The number of rotatable bonds is 16. The number of allylic oxidation sites excluding steroid dienone is 2. The molecule has 0 saturated carbocycles. The Kier molecular flexibility index (Phi) is 13.4. The summed E-state index contributed by atoms with van der Waals surface area (Å²) in [4.78, 5) is 0. The van der Waals surface area contributed by atoms with Crippen LogP contribution < -0.4 is 9.47 Å². The maximum atomic E-state index is 14.3. The van der Waals surface area contributed by atoms with Gasteiger partial charge in [-0.1, -0.05) is 113 Å². The predicted octanol–water partition coefficient (Wildman–Crippen LogP) is 11.8. The summed E-state index contributed by atoms with van der Waals surface area (Å²) >= 11 is 0. The summed E-state index contributed by atoms with van der Waals surface area (Å²) in [6, 6.07) is 17.5. The minimum Gasteiger partial charge on any atom is -0.493 e. The molecule has 0 aromatic heterocycles. The highest BCUT2D eigenvalue weighted by Gasteiger charge is 2.36. The lowest BCUT2D eigenvalue weighted by Gasteiger charge is -2.19. The molecule has 0 radical (unpaired) electrons. The molecule has 238 valence electrons. The van der Waals surface area contributed by atoms with Gasteiger partial charge in [0, 0.05) is 11.1 Å². The predicted molar refractivity (Wildman–Crippen MR) is 166 cm³/mol. The Bertz CT molecular complexity index is 1240. The van der Waals surface area contributed by atoms with Crippen LogP contribution in [0, 0.1) is 0 Å². The van der Waals surface area contributed by atoms with Crippen molar-refractivity contribution in [3.8, 4) is 11.5 Å². The molecule has 0 aliphatic heterocycles. The number of benzene rings is 3. The highest BCUT2D eigenvalue weighted by atomic mass is 19.4. The summed E-state index contributed by atoms with van der Waals surface area (Å²) in [5.41, 5.74) is -1.72. The molecule has 44 heavy (non-hydrogen) atoms. The van der Waals surface area contributed by atoms with E-state index >= 15 is 0 Å². The molecule has 0 aliphatic rings. The molecule has 0 N–H and O–H groups in total. The van der Waals surface area contributed by atoms with Gasteiger partial charge in [-0.25, -0.2) is 0 Å². The first-order chi connectivity index (χ1) is 21.0. The van der Waals surface area contributed by atoms with E-state index in [1.807, 2.05) is 0 Å². The summed E-state index contributed by atoms with van der Waals surface area (Å²) < 4.78 is 98.0. The minimum absolute atomic E-state index is 0.0386. The van der Waals surface area contributed by atoms with Crippen molar-refractivity contribution >= 4 is 23.3 Å². The van der Waals surface area contributed by atoms with Gasteiger partial charge in [0.25, 0.3) is 0 Å². The Labute approximate surface area is 256 Å². The largest absolute Gasteiger partial charge is 0.493 e. The number of hydrogen-bond donors (Lipinski definition) is 0. The second-order valence-electron chi connectivity index (χ2n) is 10.6. The van der Waals surface area contributed by atoms with Crippen LogP contribution in [0.2, 0.25) is 0 Å². The molecule has 8 heteroatoms. The average molecular weight is 619 g/mol. The molecular formula is C36H40F6O2. The molecule has 0 aliphatic carbocycles. The molecule has 0 heterocycles. The zero-order valence-corrected chi connectivity index (χ0v) is 25.2. The van der Waals surface area contributed by atoms with Gasteiger partial charge >= 0.3 is 12.4 Å². The molecule has 3 aromatic carbocycles. The Morgan fingerprint density at radius 1 is 0.545 bits per heavy atom. The molecule has 0 fully saturated rings. The molecule has 0 saturated heterocycles. The zero-order chi connectivity index (χ0) is 32.0. The van der Waals surface area contributed by atoms with E-state index in [9.17, 15) is 26.3 Å². The van der Waals surface area contributed by atoms with Gasteiger partial charge < -0.3 is 9.47 Å². The zero-order valence-electron chi connectivity index (χ0n) is 25.2. The smallest absolute Gasteiger partial charge is 0.417 e. The van der Waals surface area contributed by atoms with Crippen molar-refractivity contribution in [2.45, 2.75) is 77.6 Å². The lowest BCUT2D eigenvalue weighted by molar-refractivity contribution is -0.0692. The number of unbranched alkanes of at least 4 members (excludes halogenated alkanes) is 6. The van der Waals surface area contributed by atoms with Crippen LogP contribution in [-0.4, -0.2) is 25.6 Å². The van der Waals surface area contributed by atoms with Gasteiger partial charge in [0.1, 0.15) is 11.5 Å². The van der Waals surface area contributed by atoms with Crippen molar-refractivity contribution in [1.82, 2.24) is 0 Å². The molecule has 0 amide bonds. The fraction of sp³-hybridized carbons (Fsp3) is 0.389. The van der Waals surface area contributed by atoms with Crippen LogP contribution >= 0.6 is 0 Å². The maximum Gasteiger partial charge on any atom is 0.417 e. The van der Waals surface area contributed by atoms with E-state index in [0.29, 0.717) is 12.8 Å². The van der Waals surface area contributed by atoms with E-state index < -0.39 is 23.5 Å². The summed E-state index contributed by atoms with van der Waals surface area (Å²) in [6.07, 6.45) is -0.507. The van der Waals surface area contributed by atoms with Crippen LogP contribution in [0.15, 0.2) is 72.8 Å². The van der Waals surface area contributed by atoms with Crippen molar-refractivity contribution in [2.24, 2.45) is 0 Å². The second kappa shape index (κ2) is 17.0. The van der Waals surface area contributed by atoms with Crippen molar-refractivity contribution < 1.29 is 35.8 Å². The highest BCUT2D eigenvalue weighted by molar-refractivity contribution is 5.89. The Hall–Kier alpha value is -3.68. The normalized spacial score (nSPS) is 12.8. The Balaban J connectivity index is 2.21. The van der Waals surface area contributed by atoms with Crippen molar-refractivity contribution in [3.05, 3.63) is 95.1 Å². The second-order valence-corrected chi connectivity index (χ2v) is 10.6. The third-order valence-electron chi connectivity index (χ3n) is 7.03. The maximum absolute atomic E-state index is 14.3. The lowest BCUT2D eigenvalue weighted by atomic mass is 9.98. The van der Waals surface area contributed by atoms with Gasteiger partial charge in [0.2, 0.25) is 0 Å². The molecule has 3 aromatic rings.